The summed E-state index contributed by atoms with van der Waals surface area (Å²) >= 11 is 0. The van der Waals surface area contributed by atoms with Gasteiger partial charge in [0, 0.05) is 5.56 Å². The van der Waals surface area contributed by atoms with E-state index in [2.05, 4.69) is 6.92 Å². The van der Waals surface area contributed by atoms with Gasteiger partial charge in [0.05, 0.1) is 6.61 Å². The van der Waals surface area contributed by atoms with Crippen LogP contribution in [0.5, 0.6) is 11.5 Å². The molecule has 0 aliphatic carbocycles. The van der Waals surface area contributed by atoms with E-state index in [0.29, 0.717) is 29.0 Å². The minimum Gasteiger partial charge on any atom is -0.490 e. The number of unbranched alkanes of at least 4 members (excludes halogenated alkanes) is 4. The van der Waals surface area contributed by atoms with Gasteiger partial charge in [-0.25, -0.2) is 8.78 Å². The third kappa shape index (κ3) is 6.28. The molecular weight excluding hydrogens is 413 g/mol. The number of benzene rings is 3. The van der Waals surface area contributed by atoms with Crippen molar-refractivity contribution in [1.29, 1.82) is 0 Å². The highest BCUT2D eigenvalue weighted by atomic mass is 19.2. The van der Waals surface area contributed by atoms with E-state index in [1.54, 1.807) is 43.3 Å². The molecule has 0 amide bonds. The molecule has 0 radical (unpaired) electrons. The Morgan fingerprint density at radius 3 is 2.22 bits per heavy atom. The summed E-state index contributed by atoms with van der Waals surface area (Å²) in [6.07, 6.45) is 5.29. The molecule has 0 aromatic heterocycles. The minimum atomic E-state index is -0.974. The number of aryl methyl sites for hydroxylation is 1. The van der Waals surface area contributed by atoms with E-state index in [0.717, 1.165) is 25.7 Å². The van der Waals surface area contributed by atoms with Gasteiger partial charge in [0.15, 0.2) is 11.6 Å². The summed E-state index contributed by atoms with van der Waals surface area (Å²) < 4.78 is 53.9. The number of ether oxygens (including phenoxy) is 2. The van der Waals surface area contributed by atoms with Crippen LogP contribution in [-0.2, 0) is 6.61 Å². The number of hydrogen-bond donors (Lipinski definition) is 0. The van der Waals surface area contributed by atoms with Crippen molar-refractivity contribution in [3.05, 3.63) is 83.2 Å². The standard InChI is InChI=1S/C27H29F3O2/c1-3-4-5-6-7-16-31-25-15-14-23(26(29)27(25)30)21-10-12-22(13-11-21)32-18-20-9-8-19(2)24(28)17-20/h8-15,17H,3-7,16,18H2,1-2H3. The zero-order valence-electron chi connectivity index (χ0n) is 18.6. The summed E-state index contributed by atoms with van der Waals surface area (Å²) in [4.78, 5) is 0. The zero-order chi connectivity index (χ0) is 22.9. The molecule has 0 aliphatic heterocycles. The van der Waals surface area contributed by atoms with Crippen molar-refractivity contribution in [2.24, 2.45) is 0 Å². The Morgan fingerprint density at radius 2 is 1.50 bits per heavy atom. The van der Waals surface area contributed by atoms with E-state index >= 15 is 0 Å². The molecular formula is C27H29F3O2. The summed E-state index contributed by atoms with van der Waals surface area (Å²) in [5.41, 5.74) is 1.98. The molecule has 0 bridgehead atoms. The molecule has 3 aromatic carbocycles. The molecule has 3 aromatic rings. The molecule has 2 nitrogen and oxygen atoms in total. The topological polar surface area (TPSA) is 18.5 Å². The van der Waals surface area contributed by atoms with E-state index in [4.69, 9.17) is 9.47 Å². The maximum atomic E-state index is 14.6. The second kappa shape index (κ2) is 11.6. The van der Waals surface area contributed by atoms with Crippen molar-refractivity contribution >= 4 is 0 Å². The highest BCUT2D eigenvalue weighted by Crippen LogP contribution is 2.31. The van der Waals surface area contributed by atoms with Crippen LogP contribution in [0.3, 0.4) is 0 Å². The van der Waals surface area contributed by atoms with Gasteiger partial charge in [0.1, 0.15) is 18.2 Å². The lowest BCUT2D eigenvalue weighted by Gasteiger charge is -2.11. The molecule has 5 heteroatoms. The Bertz CT molecular complexity index is 1020. The molecule has 0 atom stereocenters. The Morgan fingerprint density at radius 1 is 0.750 bits per heavy atom. The largest absolute Gasteiger partial charge is 0.490 e. The summed E-state index contributed by atoms with van der Waals surface area (Å²) in [6.45, 7) is 4.43. The molecule has 0 N–H and O–H groups in total. The van der Waals surface area contributed by atoms with Crippen molar-refractivity contribution in [3.63, 3.8) is 0 Å². The molecule has 0 heterocycles. The smallest absolute Gasteiger partial charge is 0.201 e. The van der Waals surface area contributed by atoms with Crippen molar-refractivity contribution in [1.82, 2.24) is 0 Å². The molecule has 0 unspecified atom stereocenters. The van der Waals surface area contributed by atoms with Crippen LogP contribution >= 0.6 is 0 Å². The highest BCUT2D eigenvalue weighted by Gasteiger charge is 2.16. The van der Waals surface area contributed by atoms with Gasteiger partial charge >= 0.3 is 0 Å². The van der Waals surface area contributed by atoms with Crippen molar-refractivity contribution in [3.8, 4) is 22.6 Å². The molecule has 0 spiro atoms. The molecule has 0 saturated carbocycles. The van der Waals surface area contributed by atoms with E-state index in [1.165, 1.54) is 24.6 Å². The fourth-order valence-electron chi connectivity index (χ4n) is 3.38. The highest BCUT2D eigenvalue weighted by molar-refractivity contribution is 5.66. The monoisotopic (exact) mass is 442 g/mol. The quantitative estimate of drug-likeness (QED) is 0.280. The SMILES string of the molecule is CCCCCCCOc1ccc(-c2ccc(OCc3ccc(C)c(F)c3)cc2)c(F)c1F. The van der Waals surface area contributed by atoms with Gasteiger partial charge in [-0.3, -0.25) is 0 Å². The van der Waals surface area contributed by atoms with Crippen LogP contribution in [0, 0.1) is 24.4 Å². The first-order chi connectivity index (χ1) is 15.5. The fourth-order valence-corrected chi connectivity index (χ4v) is 3.38. The minimum absolute atomic E-state index is 0.0629. The van der Waals surface area contributed by atoms with E-state index in [9.17, 15) is 13.2 Å². The zero-order valence-corrected chi connectivity index (χ0v) is 18.6. The van der Waals surface area contributed by atoms with Crippen LogP contribution < -0.4 is 9.47 Å². The third-order valence-electron chi connectivity index (χ3n) is 5.36. The second-order valence-electron chi connectivity index (χ2n) is 7.90. The Labute approximate surface area is 188 Å². The summed E-state index contributed by atoms with van der Waals surface area (Å²) in [6, 6.07) is 14.6. The maximum absolute atomic E-state index is 14.6. The lowest BCUT2D eigenvalue weighted by Crippen LogP contribution is -2.02. The van der Waals surface area contributed by atoms with Gasteiger partial charge in [-0.15, -0.1) is 0 Å². The summed E-state index contributed by atoms with van der Waals surface area (Å²) in [5, 5.41) is 0. The van der Waals surface area contributed by atoms with Crippen molar-refractivity contribution in [2.75, 3.05) is 6.61 Å². The first-order valence-corrected chi connectivity index (χ1v) is 11.1. The van der Waals surface area contributed by atoms with Crippen LogP contribution in [0.4, 0.5) is 13.2 Å². The third-order valence-corrected chi connectivity index (χ3v) is 5.36. The molecule has 170 valence electrons. The lowest BCUT2D eigenvalue weighted by molar-refractivity contribution is 0.285. The van der Waals surface area contributed by atoms with E-state index in [1.807, 2.05) is 0 Å². The summed E-state index contributed by atoms with van der Waals surface area (Å²) in [7, 11) is 0. The first kappa shape index (κ1) is 23.7. The van der Waals surface area contributed by atoms with Gasteiger partial charge in [-0.1, -0.05) is 56.9 Å². The molecule has 0 aliphatic rings. The van der Waals surface area contributed by atoms with E-state index < -0.39 is 11.6 Å². The molecule has 3 rings (SSSR count). The van der Waals surface area contributed by atoms with Gasteiger partial charge in [-0.2, -0.15) is 4.39 Å². The second-order valence-corrected chi connectivity index (χ2v) is 7.90. The normalized spacial score (nSPS) is 10.9. The van der Waals surface area contributed by atoms with Crippen LogP contribution in [0.25, 0.3) is 11.1 Å². The van der Waals surface area contributed by atoms with Crippen LogP contribution in [0.1, 0.15) is 50.2 Å². The van der Waals surface area contributed by atoms with Gasteiger partial charge in [0.2, 0.25) is 5.82 Å². The molecule has 32 heavy (non-hydrogen) atoms. The van der Waals surface area contributed by atoms with Crippen molar-refractivity contribution in [2.45, 2.75) is 52.6 Å². The van der Waals surface area contributed by atoms with Crippen molar-refractivity contribution < 1.29 is 22.6 Å². The Balaban J connectivity index is 1.60. The average Bonchev–Trinajstić information content (AvgIpc) is 2.80. The van der Waals surface area contributed by atoms with Gasteiger partial charge in [0.25, 0.3) is 0 Å². The number of rotatable bonds is 11. The number of hydrogen-bond acceptors (Lipinski definition) is 2. The van der Waals surface area contributed by atoms with Gasteiger partial charge in [-0.05, 0) is 60.4 Å². The molecule has 0 fully saturated rings. The van der Waals surface area contributed by atoms with E-state index in [-0.39, 0.29) is 23.7 Å². The lowest BCUT2D eigenvalue weighted by atomic mass is 10.0. The average molecular weight is 443 g/mol. The predicted molar refractivity (Wildman–Crippen MR) is 122 cm³/mol. The van der Waals surface area contributed by atoms with Crippen LogP contribution in [0.2, 0.25) is 0 Å². The Hall–Kier alpha value is -2.95. The molecule has 0 saturated heterocycles. The van der Waals surface area contributed by atoms with Gasteiger partial charge < -0.3 is 9.47 Å². The fraction of sp³-hybridized carbons (Fsp3) is 0.333. The Kier molecular flexibility index (Phi) is 8.60. The summed E-state index contributed by atoms with van der Waals surface area (Å²) in [5.74, 6) is -1.69. The predicted octanol–water partition coefficient (Wildman–Crippen LogP) is 8.01. The van der Waals surface area contributed by atoms with Crippen LogP contribution in [0.15, 0.2) is 54.6 Å². The number of halogens is 3. The maximum Gasteiger partial charge on any atom is 0.201 e. The first-order valence-electron chi connectivity index (χ1n) is 11.1. The van der Waals surface area contributed by atoms with Crippen LogP contribution in [-0.4, -0.2) is 6.61 Å².